The first-order valence-corrected chi connectivity index (χ1v) is 5.96. The molecule has 0 saturated carbocycles. The minimum absolute atomic E-state index is 0.0294. The van der Waals surface area contributed by atoms with E-state index in [0.29, 0.717) is 18.7 Å². The fourth-order valence-corrected chi connectivity index (χ4v) is 1.60. The molecule has 1 N–H and O–H groups in total. The van der Waals surface area contributed by atoms with Crippen molar-refractivity contribution in [2.45, 2.75) is 19.9 Å². The van der Waals surface area contributed by atoms with E-state index < -0.39 is 5.97 Å². The maximum atomic E-state index is 12.3. The van der Waals surface area contributed by atoms with Crippen molar-refractivity contribution in [3.8, 4) is 0 Å². The van der Waals surface area contributed by atoms with E-state index in [4.69, 9.17) is 9.84 Å². The van der Waals surface area contributed by atoms with Crippen LogP contribution >= 0.6 is 0 Å². The van der Waals surface area contributed by atoms with Crippen LogP contribution in [0.3, 0.4) is 0 Å². The SMILES string of the molecule is COCCN(C(=O)c1ccc(C(=O)O)nc1)C(C)C. The Morgan fingerprint density at radius 2 is 2.11 bits per heavy atom. The predicted octanol–water partition coefficient (Wildman–Crippen LogP) is 1.28. The van der Waals surface area contributed by atoms with Gasteiger partial charge in [0.2, 0.25) is 0 Å². The van der Waals surface area contributed by atoms with Crippen LogP contribution in [0.1, 0.15) is 34.7 Å². The number of carboxylic acids is 1. The first-order valence-electron chi connectivity index (χ1n) is 5.96. The second-order valence-corrected chi connectivity index (χ2v) is 4.32. The summed E-state index contributed by atoms with van der Waals surface area (Å²) >= 11 is 0. The van der Waals surface area contributed by atoms with Gasteiger partial charge in [-0.1, -0.05) is 0 Å². The van der Waals surface area contributed by atoms with Crippen LogP contribution in [0.15, 0.2) is 18.3 Å². The number of methoxy groups -OCH3 is 1. The number of carbonyl (C=O) groups is 2. The van der Waals surface area contributed by atoms with Crippen LogP contribution in [0.4, 0.5) is 0 Å². The van der Waals surface area contributed by atoms with Crippen LogP contribution in [0, 0.1) is 0 Å². The summed E-state index contributed by atoms with van der Waals surface area (Å²) < 4.78 is 4.97. The number of rotatable bonds is 6. The third-order valence-electron chi connectivity index (χ3n) is 2.65. The van der Waals surface area contributed by atoms with Crippen LogP contribution in [0.2, 0.25) is 0 Å². The molecule has 1 aromatic rings. The minimum atomic E-state index is -1.11. The fraction of sp³-hybridized carbons (Fsp3) is 0.462. The second-order valence-electron chi connectivity index (χ2n) is 4.32. The number of carboxylic acid groups (broad SMARTS) is 1. The highest BCUT2D eigenvalue weighted by Crippen LogP contribution is 2.08. The quantitative estimate of drug-likeness (QED) is 0.839. The lowest BCUT2D eigenvalue weighted by molar-refractivity contribution is 0.0631. The summed E-state index contributed by atoms with van der Waals surface area (Å²) in [4.78, 5) is 28.3. The van der Waals surface area contributed by atoms with Gasteiger partial charge in [-0.3, -0.25) is 4.79 Å². The first kappa shape index (κ1) is 15.1. The summed E-state index contributed by atoms with van der Waals surface area (Å²) in [6.45, 7) is 4.75. The maximum Gasteiger partial charge on any atom is 0.354 e. The molecule has 0 aliphatic carbocycles. The topological polar surface area (TPSA) is 79.7 Å². The molecule has 6 nitrogen and oxygen atoms in total. The van der Waals surface area contributed by atoms with Crippen molar-refractivity contribution in [1.29, 1.82) is 0 Å². The second kappa shape index (κ2) is 6.84. The van der Waals surface area contributed by atoms with Gasteiger partial charge in [-0.05, 0) is 26.0 Å². The van der Waals surface area contributed by atoms with Crippen molar-refractivity contribution in [2.75, 3.05) is 20.3 Å². The van der Waals surface area contributed by atoms with E-state index in [9.17, 15) is 9.59 Å². The minimum Gasteiger partial charge on any atom is -0.477 e. The summed E-state index contributed by atoms with van der Waals surface area (Å²) in [6, 6.07) is 2.83. The van der Waals surface area contributed by atoms with Crippen LogP contribution < -0.4 is 0 Å². The van der Waals surface area contributed by atoms with Gasteiger partial charge in [-0.2, -0.15) is 0 Å². The molecule has 0 atom stereocenters. The molecule has 0 aliphatic heterocycles. The lowest BCUT2D eigenvalue weighted by Crippen LogP contribution is -2.39. The molecule has 0 spiro atoms. The average Bonchev–Trinajstić information content (AvgIpc) is 2.38. The summed E-state index contributed by atoms with van der Waals surface area (Å²) in [7, 11) is 1.58. The zero-order valence-corrected chi connectivity index (χ0v) is 11.3. The largest absolute Gasteiger partial charge is 0.477 e. The molecule has 0 fully saturated rings. The predicted molar refractivity (Wildman–Crippen MR) is 69.2 cm³/mol. The summed E-state index contributed by atoms with van der Waals surface area (Å²) in [5, 5.41) is 8.75. The molecular weight excluding hydrogens is 248 g/mol. The molecule has 0 aromatic carbocycles. The molecule has 0 radical (unpaired) electrons. The van der Waals surface area contributed by atoms with Gasteiger partial charge in [0.15, 0.2) is 0 Å². The highest BCUT2D eigenvalue weighted by Gasteiger charge is 2.19. The van der Waals surface area contributed by atoms with E-state index in [1.165, 1.54) is 18.3 Å². The third-order valence-corrected chi connectivity index (χ3v) is 2.65. The van der Waals surface area contributed by atoms with Crippen LogP contribution in [0.25, 0.3) is 0 Å². The Morgan fingerprint density at radius 3 is 2.53 bits per heavy atom. The van der Waals surface area contributed by atoms with E-state index in [-0.39, 0.29) is 17.6 Å². The zero-order chi connectivity index (χ0) is 14.4. The van der Waals surface area contributed by atoms with Crippen LogP contribution in [0.5, 0.6) is 0 Å². The summed E-state index contributed by atoms with van der Waals surface area (Å²) in [5.41, 5.74) is 0.291. The van der Waals surface area contributed by atoms with Crippen molar-refractivity contribution in [1.82, 2.24) is 9.88 Å². The standard InChI is InChI=1S/C13H18N2O4/c1-9(2)15(6-7-19-3)12(16)10-4-5-11(13(17)18)14-8-10/h4-5,8-9H,6-7H2,1-3H3,(H,17,18). The molecule has 1 aromatic heterocycles. The molecule has 6 heteroatoms. The van der Waals surface area contributed by atoms with Crippen LogP contribution in [-0.4, -0.2) is 53.2 Å². The number of carbonyl (C=O) groups excluding carboxylic acids is 1. The molecule has 1 rings (SSSR count). The summed E-state index contributed by atoms with van der Waals surface area (Å²) in [6.07, 6.45) is 1.29. The molecule has 19 heavy (non-hydrogen) atoms. The van der Waals surface area contributed by atoms with Gasteiger partial charge in [0.1, 0.15) is 5.69 Å². The van der Waals surface area contributed by atoms with E-state index in [0.717, 1.165) is 0 Å². The Bertz CT molecular complexity index is 442. The Labute approximate surface area is 112 Å². The molecule has 1 heterocycles. The van der Waals surface area contributed by atoms with E-state index >= 15 is 0 Å². The Kier molecular flexibility index (Phi) is 5.44. The number of aromatic carboxylic acids is 1. The van der Waals surface area contributed by atoms with E-state index in [1.54, 1.807) is 12.0 Å². The number of hydrogen-bond donors (Lipinski definition) is 1. The van der Waals surface area contributed by atoms with Gasteiger partial charge in [-0.15, -0.1) is 0 Å². The molecule has 0 aliphatic rings. The van der Waals surface area contributed by atoms with Crippen molar-refractivity contribution < 1.29 is 19.4 Å². The van der Waals surface area contributed by atoms with Crippen molar-refractivity contribution in [3.63, 3.8) is 0 Å². The zero-order valence-electron chi connectivity index (χ0n) is 11.3. The average molecular weight is 266 g/mol. The van der Waals surface area contributed by atoms with E-state index in [2.05, 4.69) is 4.98 Å². The highest BCUT2D eigenvalue weighted by atomic mass is 16.5. The van der Waals surface area contributed by atoms with E-state index in [1.807, 2.05) is 13.8 Å². The van der Waals surface area contributed by atoms with Gasteiger partial charge < -0.3 is 14.7 Å². The number of aromatic nitrogens is 1. The monoisotopic (exact) mass is 266 g/mol. The summed E-state index contributed by atoms with van der Waals surface area (Å²) in [5.74, 6) is -1.30. The molecule has 1 amide bonds. The Hall–Kier alpha value is -1.95. The third kappa shape index (κ3) is 4.03. The van der Waals surface area contributed by atoms with Gasteiger partial charge in [0, 0.05) is 25.9 Å². The lowest BCUT2D eigenvalue weighted by atomic mass is 10.2. The molecule has 0 unspecified atom stereocenters. The van der Waals surface area contributed by atoms with Crippen molar-refractivity contribution in [2.24, 2.45) is 0 Å². The Balaban J connectivity index is 2.87. The first-order chi connectivity index (χ1) is 8.97. The van der Waals surface area contributed by atoms with Gasteiger partial charge in [0.25, 0.3) is 5.91 Å². The number of nitrogens with zero attached hydrogens (tertiary/aromatic N) is 2. The highest BCUT2D eigenvalue weighted by molar-refractivity contribution is 5.95. The van der Waals surface area contributed by atoms with Crippen molar-refractivity contribution >= 4 is 11.9 Å². The Morgan fingerprint density at radius 1 is 1.42 bits per heavy atom. The van der Waals surface area contributed by atoms with Gasteiger partial charge in [0.05, 0.1) is 12.2 Å². The lowest BCUT2D eigenvalue weighted by Gasteiger charge is -2.26. The number of hydrogen-bond acceptors (Lipinski definition) is 4. The van der Waals surface area contributed by atoms with Crippen molar-refractivity contribution in [3.05, 3.63) is 29.6 Å². The van der Waals surface area contributed by atoms with Crippen LogP contribution in [-0.2, 0) is 4.74 Å². The number of ether oxygens (including phenoxy) is 1. The number of amides is 1. The van der Waals surface area contributed by atoms with Gasteiger partial charge >= 0.3 is 5.97 Å². The maximum absolute atomic E-state index is 12.3. The molecule has 0 saturated heterocycles. The smallest absolute Gasteiger partial charge is 0.354 e. The number of pyridine rings is 1. The molecular formula is C13H18N2O4. The fourth-order valence-electron chi connectivity index (χ4n) is 1.60. The van der Waals surface area contributed by atoms with Gasteiger partial charge in [-0.25, -0.2) is 9.78 Å². The normalized spacial score (nSPS) is 10.5. The molecule has 104 valence electrons. The molecule has 0 bridgehead atoms.